The Labute approximate surface area is 229 Å². The van der Waals surface area contributed by atoms with Gasteiger partial charge in [-0.3, -0.25) is 0 Å². The van der Waals surface area contributed by atoms with Crippen LogP contribution in [0.2, 0.25) is 0 Å². The molecule has 39 heavy (non-hydrogen) atoms. The second kappa shape index (κ2) is 12.2. The Hall–Kier alpha value is -2.66. The molecule has 10 heteroatoms. The zero-order valence-corrected chi connectivity index (χ0v) is 23.6. The number of aryl methyl sites for hydroxylation is 1. The van der Waals surface area contributed by atoms with Gasteiger partial charge in [0.1, 0.15) is 22.6 Å². The van der Waals surface area contributed by atoms with E-state index in [1.165, 1.54) is 10.4 Å². The first kappa shape index (κ1) is 29.3. The van der Waals surface area contributed by atoms with Gasteiger partial charge in [0.05, 0.1) is 11.2 Å². The quantitative estimate of drug-likeness (QED) is 0.411. The van der Waals surface area contributed by atoms with Gasteiger partial charge in [-0.05, 0) is 64.2 Å². The van der Waals surface area contributed by atoms with Crippen molar-refractivity contribution in [2.75, 3.05) is 13.2 Å². The Morgan fingerprint density at radius 1 is 1.23 bits per heavy atom. The standard InChI is InChI=1S/C29H37F2N3O4S/c1-5-7-8-22(6-2)28-10-9-20(3)34(39(28,35)36)19-23-16-27(31)25(17-26(23)30)29(11-13-37-14-12-29)32-18-24-15-21(4)38-33-24/h5-8,15-17,20,28,32H,2,9-14,18-19H2,1,3-4H3/b7-5-,22-8+/t20-,28+/m0/s1. The Morgan fingerprint density at radius 3 is 2.62 bits per heavy atom. The Bertz CT molecular complexity index is 1350. The van der Waals surface area contributed by atoms with Crippen molar-refractivity contribution in [3.8, 4) is 0 Å². The molecule has 0 amide bonds. The van der Waals surface area contributed by atoms with Crippen LogP contribution in [0.15, 0.2) is 59.2 Å². The summed E-state index contributed by atoms with van der Waals surface area (Å²) in [7, 11) is -3.84. The van der Waals surface area contributed by atoms with E-state index in [1.54, 1.807) is 38.1 Å². The van der Waals surface area contributed by atoms with Crippen LogP contribution in [0.1, 0.15) is 62.1 Å². The second-order valence-electron chi connectivity index (χ2n) is 10.3. The van der Waals surface area contributed by atoms with Gasteiger partial charge in [-0.2, -0.15) is 4.31 Å². The molecule has 4 rings (SSSR count). The van der Waals surface area contributed by atoms with Crippen LogP contribution in [0, 0.1) is 18.6 Å². The normalized spacial score (nSPS) is 23.8. The maximum absolute atomic E-state index is 15.8. The molecule has 3 heterocycles. The predicted octanol–water partition coefficient (Wildman–Crippen LogP) is 5.43. The molecule has 1 aromatic heterocycles. The van der Waals surface area contributed by atoms with Gasteiger partial charge in [0.2, 0.25) is 10.0 Å². The number of aromatic nitrogens is 1. The molecule has 212 valence electrons. The third kappa shape index (κ3) is 6.24. The van der Waals surface area contributed by atoms with E-state index in [0.717, 1.165) is 6.07 Å². The van der Waals surface area contributed by atoms with Crippen LogP contribution < -0.4 is 5.32 Å². The van der Waals surface area contributed by atoms with E-state index in [2.05, 4.69) is 17.1 Å². The van der Waals surface area contributed by atoms with Crippen LogP contribution in [-0.4, -0.2) is 42.4 Å². The molecule has 2 aliphatic heterocycles. The maximum atomic E-state index is 15.8. The lowest BCUT2D eigenvalue weighted by Crippen LogP contribution is -2.49. The smallest absolute Gasteiger partial charge is 0.221 e. The number of nitrogens with zero attached hydrogens (tertiary/aromatic N) is 2. The summed E-state index contributed by atoms with van der Waals surface area (Å²) in [6.45, 7) is 10.1. The van der Waals surface area contributed by atoms with Crippen molar-refractivity contribution in [3.05, 3.63) is 88.9 Å². The highest BCUT2D eigenvalue weighted by atomic mass is 32.2. The highest BCUT2D eigenvalue weighted by molar-refractivity contribution is 7.90. The Balaban J connectivity index is 1.63. The lowest BCUT2D eigenvalue weighted by atomic mass is 9.81. The summed E-state index contributed by atoms with van der Waals surface area (Å²) in [6.07, 6.45) is 8.79. The third-order valence-corrected chi connectivity index (χ3v) is 10.1. The number of nitrogens with one attached hydrogen (secondary N) is 1. The van der Waals surface area contributed by atoms with E-state index >= 15 is 8.78 Å². The molecular formula is C29H37F2N3O4S. The van der Waals surface area contributed by atoms with E-state index in [1.807, 2.05) is 13.0 Å². The monoisotopic (exact) mass is 561 g/mol. The van der Waals surface area contributed by atoms with Crippen LogP contribution in [-0.2, 0) is 33.4 Å². The first-order valence-electron chi connectivity index (χ1n) is 13.3. The molecule has 0 saturated carbocycles. The second-order valence-corrected chi connectivity index (χ2v) is 12.4. The SMILES string of the molecule is C=C/C(=C\C=C/C)[C@H]1CC[C@H](C)N(Cc2cc(F)c(C3(NCc4cc(C)on4)CCOCC3)cc2F)S1(=O)=O. The number of sulfonamides is 1. The molecule has 2 fully saturated rings. The number of ether oxygens (including phenoxy) is 1. The summed E-state index contributed by atoms with van der Waals surface area (Å²) < 4.78 is 70.6. The van der Waals surface area contributed by atoms with Gasteiger partial charge in [-0.25, -0.2) is 17.2 Å². The van der Waals surface area contributed by atoms with Crippen LogP contribution in [0.5, 0.6) is 0 Å². The van der Waals surface area contributed by atoms with Crippen molar-refractivity contribution in [2.24, 2.45) is 0 Å². The highest BCUT2D eigenvalue weighted by Crippen LogP contribution is 2.37. The van der Waals surface area contributed by atoms with Crippen LogP contribution in [0.4, 0.5) is 8.78 Å². The Kier molecular flexibility index (Phi) is 9.21. The minimum atomic E-state index is -3.84. The van der Waals surface area contributed by atoms with Gasteiger partial charge < -0.3 is 14.6 Å². The number of allylic oxidation sites excluding steroid dienone is 4. The van der Waals surface area contributed by atoms with Gasteiger partial charge >= 0.3 is 0 Å². The average molecular weight is 562 g/mol. The molecule has 2 aromatic rings. The van der Waals surface area contributed by atoms with Crippen LogP contribution in [0.25, 0.3) is 0 Å². The maximum Gasteiger partial charge on any atom is 0.221 e. The van der Waals surface area contributed by atoms with Crippen LogP contribution >= 0.6 is 0 Å². The van der Waals surface area contributed by atoms with E-state index < -0.39 is 32.4 Å². The lowest BCUT2D eigenvalue weighted by Gasteiger charge is -2.39. The van der Waals surface area contributed by atoms with Crippen molar-refractivity contribution < 1.29 is 26.5 Å². The number of hydrogen-bond acceptors (Lipinski definition) is 6. The molecule has 0 radical (unpaired) electrons. The molecule has 0 spiro atoms. The first-order valence-corrected chi connectivity index (χ1v) is 14.8. The van der Waals surface area contributed by atoms with E-state index in [0.29, 0.717) is 62.5 Å². The zero-order chi connectivity index (χ0) is 28.2. The van der Waals surface area contributed by atoms with Crippen molar-refractivity contribution in [1.82, 2.24) is 14.8 Å². The van der Waals surface area contributed by atoms with E-state index in [9.17, 15) is 8.42 Å². The fourth-order valence-electron chi connectivity index (χ4n) is 5.46. The summed E-state index contributed by atoms with van der Waals surface area (Å²) >= 11 is 0. The molecule has 2 saturated heterocycles. The molecule has 0 aliphatic carbocycles. The third-order valence-electron chi connectivity index (χ3n) is 7.72. The van der Waals surface area contributed by atoms with Crippen molar-refractivity contribution in [3.63, 3.8) is 0 Å². The predicted molar refractivity (Wildman–Crippen MR) is 146 cm³/mol. The average Bonchev–Trinajstić information content (AvgIpc) is 3.34. The van der Waals surface area contributed by atoms with Crippen molar-refractivity contribution in [1.29, 1.82) is 0 Å². The molecule has 2 aliphatic rings. The Morgan fingerprint density at radius 2 is 1.97 bits per heavy atom. The van der Waals surface area contributed by atoms with Crippen LogP contribution in [0.3, 0.4) is 0 Å². The summed E-state index contributed by atoms with van der Waals surface area (Å²) in [6, 6.07) is 3.78. The molecular weight excluding hydrogens is 524 g/mol. The fraction of sp³-hybridized carbons (Fsp3) is 0.483. The molecule has 0 unspecified atom stereocenters. The minimum absolute atomic E-state index is 0.000697. The summed E-state index contributed by atoms with van der Waals surface area (Å²) in [4.78, 5) is 0. The zero-order valence-electron chi connectivity index (χ0n) is 22.8. The summed E-state index contributed by atoms with van der Waals surface area (Å²) in [5.74, 6) is -0.569. The lowest BCUT2D eigenvalue weighted by molar-refractivity contribution is 0.0340. The minimum Gasteiger partial charge on any atom is -0.381 e. The molecule has 1 aromatic carbocycles. The number of hydrogen-bond donors (Lipinski definition) is 1. The number of halogens is 2. The molecule has 1 N–H and O–H groups in total. The first-order chi connectivity index (χ1) is 18.6. The van der Waals surface area contributed by atoms with Crippen molar-refractivity contribution >= 4 is 10.0 Å². The molecule has 7 nitrogen and oxygen atoms in total. The van der Waals surface area contributed by atoms with E-state index in [4.69, 9.17) is 9.26 Å². The van der Waals surface area contributed by atoms with Gasteiger partial charge in [0.15, 0.2) is 0 Å². The number of rotatable bonds is 9. The molecule has 0 bridgehead atoms. The van der Waals surface area contributed by atoms with Gasteiger partial charge in [-0.15, -0.1) is 0 Å². The van der Waals surface area contributed by atoms with Gasteiger partial charge in [-0.1, -0.05) is 36.0 Å². The highest BCUT2D eigenvalue weighted by Gasteiger charge is 2.42. The summed E-state index contributed by atoms with van der Waals surface area (Å²) in [5.41, 5.74) is 0.585. The fourth-order valence-corrected chi connectivity index (χ4v) is 7.67. The van der Waals surface area contributed by atoms with Gasteiger partial charge in [0, 0.05) is 49.5 Å². The summed E-state index contributed by atoms with van der Waals surface area (Å²) in [5, 5.41) is 6.58. The topological polar surface area (TPSA) is 84.7 Å². The van der Waals surface area contributed by atoms with Crippen molar-refractivity contribution in [2.45, 2.75) is 76.4 Å². The number of benzene rings is 1. The molecule has 2 atom stereocenters. The van der Waals surface area contributed by atoms with Gasteiger partial charge in [0.25, 0.3) is 0 Å². The largest absolute Gasteiger partial charge is 0.381 e. The van der Waals surface area contributed by atoms with E-state index in [-0.39, 0.29) is 23.7 Å².